The minimum Gasteiger partial charge on any atom is -0.507 e. The quantitative estimate of drug-likeness (QED) is 0.799. The van der Waals surface area contributed by atoms with E-state index in [1.165, 1.54) is 0 Å². The van der Waals surface area contributed by atoms with Gasteiger partial charge < -0.3 is 9.84 Å². The van der Waals surface area contributed by atoms with Gasteiger partial charge in [0.05, 0.1) is 0 Å². The molecule has 0 aliphatic carbocycles. The first-order valence-electron chi connectivity index (χ1n) is 6.05. The van der Waals surface area contributed by atoms with Crippen LogP contribution in [0, 0.1) is 6.92 Å². The highest BCUT2D eigenvalue weighted by Gasteiger charge is 2.09. The van der Waals surface area contributed by atoms with Crippen LogP contribution < -0.4 is 0 Å². The van der Waals surface area contributed by atoms with E-state index >= 15 is 0 Å². The van der Waals surface area contributed by atoms with E-state index in [1.54, 1.807) is 0 Å². The molecule has 0 radical (unpaired) electrons. The van der Waals surface area contributed by atoms with Gasteiger partial charge in [0, 0.05) is 12.0 Å². The second-order valence-corrected chi connectivity index (χ2v) is 4.20. The van der Waals surface area contributed by atoms with Gasteiger partial charge in [-0.25, -0.2) is 0 Å². The van der Waals surface area contributed by atoms with Gasteiger partial charge in [0.2, 0.25) is 0 Å². The van der Waals surface area contributed by atoms with Gasteiger partial charge in [-0.2, -0.15) is 0 Å². The number of benzene rings is 1. The third-order valence-corrected chi connectivity index (χ3v) is 2.64. The van der Waals surface area contributed by atoms with Crippen LogP contribution in [0.4, 0.5) is 0 Å². The van der Waals surface area contributed by atoms with Gasteiger partial charge in [-0.3, -0.25) is 4.79 Å². The molecule has 94 valence electrons. The summed E-state index contributed by atoms with van der Waals surface area (Å²) >= 11 is 0. The predicted molar refractivity (Wildman–Crippen MR) is 66.9 cm³/mol. The standard InChI is InChI=1S/C14H20O3/c1-4-6-13(15)17-9-12-8-10(3)7-11(5-2)14(12)16/h7-8,16H,4-6,9H2,1-3H3. The van der Waals surface area contributed by atoms with E-state index in [2.05, 4.69) is 0 Å². The number of carbonyl (C=O) groups excluding carboxylic acids is 1. The molecule has 0 aliphatic heterocycles. The summed E-state index contributed by atoms with van der Waals surface area (Å²) in [7, 11) is 0. The van der Waals surface area contributed by atoms with Crippen LogP contribution in [0.2, 0.25) is 0 Å². The highest BCUT2D eigenvalue weighted by atomic mass is 16.5. The lowest BCUT2D eigenvalue weighted by atomic mass is 10.0. The number of rotatable bonds is 5. The lowest BCUT2D eigenvalue weighted by molar-refractivity contribution is -0.145. The molecule has 0 spiro atoms. The fourth-order valence-corrected chi connectivity index (χ4v) is 1.75. The summed E-state index contributed by atoms with van der Waals surface area (Å²) in [5.41, 5.74) is 2.65. The van der Waals surface area contributed by atoms with Gasteiger partial charge in [0.15, 0.2) is 0 Å². The van der Waals surface area contributed by atoms with Gasteiger partial charge in [-0.1, -0.05) is 25.5 Å². The second-order valence-electron chi connectivity index (χ2n) is 4.20. The van der Waals surface area contributed by atoms with Crippen molar-refractivity contribution in [1.82, 2.24) is 0 Å². The van der Waals surface area contributed by atoms with Crippen molar-refractivity contribution < 1.29 is 14.6 Å². The molecule has 0 aliphatic rings. The number of esters is 1. The fraction of sp³-hybridized carbons (Fsp3) is 0.500. The molecule has 17 heavy (non-hydrogen) atoms. The largest absolute Gasteiger partial charge is 0.507 e. The van der Waals surface area contributed by atoms with Crippen LogP contribution in [0.1, 0.15) is 43.4 Å². The van der Waals surface area contributed by atoms with Crippen LogP contribution >= 0.6 is 0 Å². The fourth-order valence-electron chi connectivity index (χ4n) is 1.75. The van der Waals surface area contributed by atoms with Gasteiger partial charge >= 0.3 is 5.97 Å². The Bertz CT molecular complexity index is 397. The number of hydrogen-bond donors (Lipinski definition) is 1. The van der Waals surface area contributed by atoms with Gasteiger partial charge in [-0.15, -0.1) is 0 Å². The molecule has 1 rings (SSSR count). The second kappa shape index (κ2) is 6.28. The van der Waals surface area contributed by atoms with E-state index in [4.69, 9.17) is 4.74 Å². The van der Waals surface area contributed by atoms with Crippen LogP contribution in [0.3, 0.4) is 0 Å². The van der Waals surface area contributed by atoms with Gasteiger partial charge in [-0.05, 0) is 31.4 Å². The molecule has 0 saturated heterocycles. The molecule has 1 aromatic carbocycles. The van der Waals surface area contributed by atoms with Crippen molar-refractivity contribution in [3.05, 3.63) is 28.8 Å². The number of hydrogen-bond acceptors (Lipinski definition) is 3. The topological polar surface area (TPSA) is 46.5 Å². The lowest BCUT2D eigenvalue weighted by Crippen LogP contribution is -2.04. The Morgan fingerprint density at radius 2 is 1.94 bits per heavy atom. The number of phenols is 1. The van der Waals surface area contributed by atoms with Crippen LogP contribution in [0.15, 0.2) is 12.1 Å². The molecule has 1 N–H and O–H groups in total. The number of phenolic OH excluding ortho intramolecular Hbond substituents is 1. The van der Waals surface area contributed by atoms with Crippen molar-refractivity contribution in [1.29, 1.82) is 0 Å². The SMILES string of the molecule is CCCC(=O)OCc1cc(C)cc(CC)c1O. The molecule has 0 atom stereocenters. The highest BCUT2D eigenvalue weighted by molar-refractivity contribution is 5.69. The Morgan fingerprint density at radius 1 is 1.29 bits per heavy atom. The van der Waals surface area contributed by atoms with E-state index in [-0.39, 0.29) is 18.3 Å². The van der Waals surface area contributed by atoms with Gasteiger partial charge in [0.25, 0.3) is 0 Å². The maximum Gasteiger partial charge on any atom is 0.306 e. The van der Waals surface area contributed by atoms with Crippen LogP contribution in [-0.4, -0.2) is 11.1 Å². The number of aryl methyl sites for hydroxylation is 2. The molecular formula is C14H20O3. The molecule has 0 unspecified atom stereocenters. The van der Waals surface area contributed by atoms with Crippen LogP contribution in [0.5, 0.6) is 5.75 Å². The Balaban J connectivity index is 2.77. The van der Waals surface area contributed by atoms with Crippen LogP contribution in [-0.2, 0) is 22.6 Å². The Morgan fingerprint density at radius 3 is 2.53 bits per heavy atom. The van der Waals surface area contributed by atoms with Crippen molar-refractivity contribution in [3.8, 4) is 5.75 Å². The molecule has 1 aromatic rings. The summed E-state index contributed by atoms with van der Waals surface area (Å²) in [5.74, 6) is 0.0360. The predicted octanol–water partition coefficient (Wildman–Crippen LogP) is 3.11. The smallest absolute Gasteiger partial charge is 0.306 e. The van der Waals surface area contributed by atoms with Crippen LogP contribution in [0.25, 0.3) is 0 Å². The monoisotopic (exact) mass is 236 g/mol. The molecule has 0 saturated carbocycles. The summed E-state index contributed by atoms with van der Waals surface area (Å²) < 4.78 is 5.10. The number of aromatic hydroxyl groups is 1. The van der Waals surface area contributed by atoms with Crippen molar-refractivity contribution in [2.45, 2.75) is 46.6 Å². The Kier molecular flexibility index (Phi) is 5.01. The summed E-state index contributed by atoms with van der Waals surface area (Å²) in [4.78, 5) is 11.3. The average molecular weight is 236 g/mol. The summed E-state index contributed by atoms with van der Waals surface area (Å²) in [6.45, 7) is 6.04. The zero-order valence-electron chi connectivity index (χ0n) is 10.7. The zero-order chi connectivity index (χ0) is 12.8. The normalized spacial score (nSPS) is 10.3. The first kappa shape index (κ1) is 13.6. The zero-order valence-corrected chi connectivity index (χ0v) is 10.7. The molecule has 3 heteroatoms. The molecule has 0 fully saturated rings. The van der Waals surface area contributed by atoms with E-state index in [9.17, 15) is 9.90 Å². The third-order valence-electron chi connectivity index (χ3n) is 2.64. The first-order valence-corrected chi connectivity index (χ1v) is 6.05. The van der Waals surface area contributed by atoms with Crippen molar-refractivity contribution in [2.24, 2.45) is 0 Å². The van der Waals surface area contributed by atoms with Crippen molar-refractivity contribution in [3.63, 3.8) is 0 Å². The molecule has 0 bridgehead atoms. The number of ether oxygens (including phenoxy) is 1. The maximum absolute atomic E-state index is 11.3. The summed E-state index contributed by atoms with van der Waals surface area (Å²) in [6, 6.07) is 3.81. The van der Waals surface area contributed by atoms with Crippen molar-refractivity contribution in [2.75, 3.05) is 0 Å². The lowest BCUT2D eigenvalue weighted by Gasteiger charge is -2.11. The molecular weight excluding hydrogens is 216 g/mol. The van der Waals surface area contributed by atoms with Gasteiger partial charge in [0.1, 0.15) is 12.4 Å². The Hall–Kier alpha value is -1.51. The first-order chi connectivity index (χ1) is 8.08. The van der Waals surface area contributed by atoms with E-state index in [0.29, 0.717) is 12.0 Å². The molecule has 0 aromatic heterocycles. The average Bonchev–Trinajstić information content (AvgIpc) is 2.30. The van der Waals surface area contributed by atoms with E-state index in [0.717, 1.165) is 24.0 Å². The summed E-state index contributed by atoms with van der Waals surface area (Å²) in [5, 5.41) is 9.96. The molecule has 3 nitrogen and oxygen atoms in total. The molecule has 0 heterocycles. The third kappa shape index (κ3) is 3.77. The Labute approximate surface area is 102 Å². The molecule has 0 amide bonds. The van der Waals surface area contributed by atoms with E-state index in [1.807, 2.05) is 32.9 Å². The highest BCUT2D eigenvalue weighted by Crippen LogP contribution is 2.25. The van der Waals surface area contributed by atoms with E-state index < -0.39 is 0 Å². The minimum atomic E-state index is -0.216. The minimum absolute atomic E-state index is 0.152. The van der Waals surface area contributed by atoms with Crippen molar-refractivity contribution >= 4 is 5.97 Å². The summed E-state index contributed by atoms with van der Waals surface area (Å²) in [6.07, 6.45) is 1.97. The number of carbonyl (C=O) groups is 1. The maximum atomic E-state index is 11.3.